The standard InChI is InChI=1S/C15H18BrN3/c16-11-3-6-14-13(8-11)18-15(19(14)12-4-5-12)10-2-1-7-17-9-10/h3,6,8,10,12,17H,1-2,4-5,7,9H2. The molecule has 4 heteroatoms. The highest BCUT2D eigenvalue weighted by Crippen LogP contribution is 2.41. The number of piperidine rings is 1. The number of nitrogens with one attached hydrogen (secondary N) is 1. The molecule has 1 aromatic heterocycles. The fraction of sp³-hybridized carbons (Fsp3) is 0.533. The van der Waals surface area contributed by atoms with E-state index in [-0.39, 0.29) is 0 Å². The number of hydrogen-bond donors (Lipinski definition) is 1. The van der Waals surface area contributed by atoms with E-state index in [1.54, 1.807) is 0 Å². The zero-order chi connectivity index (χ0) is 12.8. The molecule has 2 heterocycles. The van der Waals surface area contributed by atoms with Crippen LogP contribution in [0.5, 0.6) is 0 Å². The minimum atomic E-state index is 0.584. The van der Waals surface area contributed by atoms with Crippen molar-refractivity contribution >= 4 is 27.0 Å². The lowest BCUT2D eigenvalue weighted by Crippen LogP contribution is -2.30. The molecule has 0 radical (unpaired) electrons. The first kappa shape index (κ1) is 11.9. The molecule has 0 amide bonds. The van der Waals surface area contributed by atoms with Gasteiger partial charge in [-0.3, -0.25) is 0 Å². The molecule has 100 valence electrons. The molecule has 1 saturated heterocycles. The van der Waals surface area contributed by atoms with Crippen molar-refractivity contribution in [2.24, 2.45) is 0 Å². The molecule has 0 spiro atoms. The fourth-order valence-corrected chi connectivity index (χ4v) is 3.52. The summed E-state index contributed by atoms with van der Waals surface area (Å²) in [5, 5.41) is 3.51. The van der Waals surface area contributed by atoms with E-state index in [1.165, 1.54) is 37.0 Å². The Balaban J connectivity index is 1.85. The van der Waals surface area contributed by atoms with Crippen molar-refractivity contribution in [3.8, 4) is 0 Å². The third-order valence-corrected chi connectivity index (χ3v) is 4.75. The molecular formula is C15H18BrN3. The van der Waals surface area contributed by atoms with Crippen LogP contribution < -0.4 is 5.32 Å². The smallest absolute Gasteiger partial charge is 0.114 e. The van der Waals surface area contributed by atoms with Crippen molar-refractivity contribution < 1.29 is 0 Å². The number of aromatic nitrogens is 2. The van der Waals surface area contributed by atoms with Crippen LogP contribution in [0.1, 0.15) is 43.5 Å². The summed E-state index contributed by atoms with van der Waals surface area (Å²) >= 11 is 3.55. The molecule has 1 aromatic carbocycles. The van der Waals surface area contributed by atoms with Crippen LogP contribution in [0.4, 0.5) is 0 Å². The average Bonchev–Trinajstić information content (AvgIpc) is 3.20. The highest BCUT2D eigenvalue weighted by molar-refractivity contribution is 9.10. The van der Waals surface area contributed by atoms with Crippen LogP contribution in [0.3, 0.4) is 0 Å². The van der Waals surface area contributed by atoms with Gasteiger partial charge < -0.3 is 9.88 Å². The molecule has 1 aliphatic carbocycles. The number of nitrogens with zero attached hydrogens (tertiary/aromatic N) is 2. The summed E-state index contributed by atoms with van der Waals surface area (Å²) in [7, 11) is 0. The second-order valence-electron chi connectivity index (χ2n) is 5.75. The van der Waals surface area contributed by atoms with E-state index in [0.29, 0.717) is 12.0 Å². The number of hydrogen-bond acceptors (Lipinski definition) is 2. The van der Waals surface area contributed by atoms with Gasteiger partial charge in [0.2, 0.25) is 0 Å². The van der Waals surface area contributed by atoms with Gasteiger partial charge in [-0.2, -0.15) is 0 Å². The van der Waals surface area contributed by atoms with Crippen LogP contribution in [0.25, 0.3) is 11.0 Å². The first-order chi connectivity index (χ1) is 9.33. The number of rotatable bonds is 2. The molecule has 1 atom stereocenters. The van der Waals surface area contributed by atoms with E-state index in [2.05, 4.69) is 44.0 Å². The van der Waals surface area contributed by atoms with E-state index in [9.17, 15) is 0 Å². The van der Waals surface area contributed by atoms with E-state index in [0.717, 1.165) is 23.1 Å². The molecule has 19 heavy (non-hydrogen) atoms. The van der Waals surface area contributed by atoms with Gasteiger partial charge in [0.1, 0.15) is 5.82 Å². The number of imidazole rings is 1. The third kappa shape index (κ3) is 2.11. The summed E-state index contributed by atoms with van der Waals surface area (Å²) in [5.41, 5.74) is 2.45. The van der Waals surface area contributed by atoms with Gasteiger partial charge in [-0.15, -0.1) is 0 Å². The molecule has 2 aromatic rings. The summed E-state index contributed by atoms with van der Waals surface area (Å²) in [6.07, 6.45) is 5.16. The van der Waals surface area contributed by atoms with Crippen molar-refractivity contribution in [3.05, 3.63) is 28.5 Å². The Morgan fingerprint density at radius 1 is 1.26 bits per heavy atom. The minimum Gasteiger partial charge on any atom is -0.325 e. The van der Waals surface area contributed by atoms with Gasteiger partial charge >= 0.3 is 0 Å². The fourth-order valence-electron chi connectivity index (χ4n) is 3.17. The maximum atomic E-state index is 4.95. The summed E-state index contributed by atoms with van der Waals surface area (Å²) in [6, 6.07) is 7.19. The van der Waals surface area contributed by atoms with Crippen LogP contribution in [-0.4, -0.2) is 22.6 Å². The molecule has 4 rings (SSSR count). The zero-order valence-corrected chi connectivity index (χ0v) is 12.5. The van der Waals surface area contributed by atoms with Gasteiger partial charge in [0.25, 0.3) is 0 Å². The van der Waals surface area contributed by atoms with E-state index in [1.807, 2.05) is 0 Å². The normalized spacial score (nSPS) is 23.9. The molecule has 1 N–H and O–H groups in total. The van der Waals surface area contributed by atoms with Crippen LogP contribution in [0, 0.1) is 0 Å². The second-order valence-corrected chi connectivity index (χ2v) is 6.66. The van der Waals surface area contributed by atoms with Crippen LogP contribution >= 0.6 is 15.9 Å². The van der Waals surface area contributed by atoms with Gasteiger partial charge in [-0.1, -0.05) is 15.9 Å². The molecule has 1 unspecified atom stereocenters. The monoisotopic (exact) mass is 319 g/mol. The number of halogens is 1. The molecular weight excluding hydrogens is 302 g/mol. The molecule has 2 fully saturated rings. The van der Waals surface area contributed by atoms with E-state index in [4.69, 9.17) is 4.98 Å². The Kier molecular flexibility index (Phi) is 2.88. The lowest BCUT2D eigenvalue weighted by atomic mass is 9.99. The predicted molar refractivity (Wildman–Crippen MR) is 80.5 cm³/mol. The molecule has 1 aliphatic heterocycles. The molecule has 0 bridgehead atoms. The zero-order valence-electron chi connectivity index (χ0n) is 10.9. The highest BCUT2D eigenvalue weighted by atomic mass is 79.9. The first-order valence-corrected chi connectivity index (χ1v) is 8.00. The van der Waals surface area contributed by atoms with E-state index >= 15 is 0 Å². The maximum Gasteiger partial charge on any atom is 0.114 e. The maximum absolute atomic E-state index is 4.95. The first-order valence-electron chi connectivity index (χ1n) is 7.21. The van der Waals surface area contributed by atoms with Crippen molar-refractivity contribution in [1.82, 2.24) is 14.9 Å². The van der Waals surface area contributed by atoms with Crippen LogP contribution in [0.2, 0.25) is 0 Å². The van der Waals surface area contributed by atoms with Gasteiger partial charge in [0.15, 0.2) is 0 Å². The Labute approximate surface area is 121 Å². The Morgan fingerprint density at radius 3 is 2.89 bits per heavy atom. The van der Waals surface area contributed by atoms with Crippen molar-refractivity contribution in [2.45, 2.75) is 37.6 Å². The largest absolute Gasteiger partial charge is 0.325 e. The van der Waals surface area contributed by atoms with Gasteiger partial charge in [0, 0.05) is 23.0 Å². The Morgan fingerprint density at radius 2 is 2.16 bits per heavy atom. The van der Waals surface area contributed by atoms with Gasteiger partial charge in [-0.05, 0) is 50.4 Å². The van der Waals surface area contributed by atoms with Crippen LogP contribution in [0.15, 0.2) is 22.7 Å². The number of benzene rings is 1. The summed E-state index contributed by atoms with van der Waals surface area (Å²) in [5.74, 6) is 1.89. The molecule has 1 saturated carbocycles. The summed E-state index contributed by atoms with van der Waals surface area (Å²) in [4.78, 5) is 4.95. The Bertz CT molecular complexity index is 609. The van der Waals surface area contributed by atoms with E-state index < -0.39 is 0 Å². The third-order valence-electron chi connectivity index (χ3n) is 4.25. The predicted octanol–water partition coefficient (Wildman–Crippen LogP) is 3.60. The van der Waals surface area contributed by atoms with Gasteiger partial charge in [-0.25, -0.2) is 4.98 Å². The quantitative estimate of drug-likeness (QED) is 0.916. The van der Waals surface area contributed by atoms with Crippen LogP contribution in [-0.2, 0) is 0 Å². The lowest BCUT2D eigenvalue weighted by Gasteiger charge is -2.23. The topological polar surface area (TPSA) is 29.9 Å². The summed E-state index contributed by atoms with van der Waals surface area (Å²) < 4.78 is 3.63. The molecule has 2 aliphatic rings. The molecule has 3 nitrogen and oxygen atoms in total. The summed E-state index contributed by atoms with van der Waals surface area (Å²) in [6.45, 7) is 2.24. The number of fused-ring (bicyclic) bond motifs is 1. The highest BCUT2D eigenvalue weighted by Gasteiger charge is 2.31. The van der Waals surface area contributed by atoms with Crippen molar-refractivity contribution in [3.63, 3.8) is 0 Å². The second kappa shape index (κ2) is 4.60. The SMILES string of the molecule is Brc1ccc2c(c1)nc(C1CCCNC1)n2C1CC1. The van der Waals surface area contributed by atoms with Crippen molar-refractivity contribution in [1.29, 1.82) is 0 Å². The lowest BCUT2D eigenvalue weighted by molar-refractivity contribution is 0.435. The minimum absolute atomic E-state index is 0.584. The Hall–Kier alpha value is -0.870. The van der Waals surface area contributed by atoms with Gasteiger partial charge in [0.05, 0.1) is 11.0 Å². The van der Waals surface area contributed by atoms with Crippen molar-refractivity contribution in [2.75, 3.05) is 13.1 Å². The average molecular weight is 320 g/mol.